The van der Waals surface area contributed by atoms with Gasteiger partial charge in [-0.05, 0) is 43.0 Å². The van der Waals surface area contributed by atoms with Gasteiger partial charge in [-0.2, -0.15) is 0 Å². The third-order valence-electron chi connectivity index (χ3n) is 4.42. The van der Waals surface area contributed by atoms with E-state index in [0.717, 1.165) is 23.5 Å². The fraction of sp³-hybridized carbons (Fsp3) is 0.500. The third kappa shape index (κ3) is 3.46. The number of rotatable bonds is 4. The van der Waals surface area contributed by atoms with Crippen molar-refractivity contribution in [3.05, 3.63) is 47.6 Å². The van der Waals surface area contributed by atoms with Crippen LogP contribution in [-0.4, -0.2) is 16.7 Å². The zero-order chi connectivity index (χ0) is 14.5. The molecule has 3 rings (SSSR count). The molecule has 1 aliphatic heterocycles. The van der Waals surface area contributed by atoms with E-state index in [9.17, 15) is 0 Å². The van der Waals surface area contributed by atoms with Crippen molar-refractivity contribution < 1.29 is 0 Å². The Bertz CT molecular complexity index is 541. The number of allylic oxidation sites excluding steroid dienone is 2. The van der Waals surface area contributed by atoms with Gasteiger partial charge < -0.3 is 10.3 Å². The largest absolute Gasteiger partial charge is 0.386 e. The van der Waals surface area contributed by atoms with E-state index in [2.05, 4.69) is 35.6 Å². The third-order valence-corrected chi connectivity index (χ3v) is 4.42. The molecule has 1 aliphatic carbocycles. The molecular weight excluding hydrogens is 258 g/mol. The quantitative estimate of drug-likeness (QED) is 0.794. The Kier molecular flexibility index (Phi) is 4.59. The Morgan fingerprint density at radius 2 is 2.10 bits per heavy atom. The Labute approximate surface area is 127 Å². The number of aromatic nitrogens is 1. The molecule has 21 heavy (non-hydrogen) atoms. The van der Waals surface area contributed by atoms with E-state index in [4.69, 9.17) is 4.99 Å². The van der Waals surface area contributed by atoms with Crippen molar-refractivity contribution in [1.29, 1.82) is 0 Å². The molecule has 0 aromatic carbocycles. The van der Waals surface area contributed by atoms with Crippen LogP contribution in [0.1, 0.15) is 57.6 Å². The minimum absolute atomic E-state index is 0.628. The van der Waals surface area contributed by atoms with Gasteiger partial charge in [-0.25, -0.2) is 4.99 Å². The number of hydrogen-bond donors (Lipinski definition) is 2. The lowest BCUT2D eigenvalue weighted by molar-refractivity contribution is 0.516. The van der Waals surface area contributed by atoms with E-state index in [1.54, 1.807) is 0 Å². The molecule has 0 saturated heterocycles. The first-order valence-electron chi connectivity index (χ1n) is 8.26. The van der Waals surface area contributed by atoms with Gasteiger partial charge in [-0.3, -0.25) is 0 Å². The van der Waals surface area contributed by atoms with E-state index >= 15 is 0 Å². The molecule has 1 aromatic heterocycles. The first kappa shape index (κ1) is 14.2. The summed E-state index contributed by atoms with van der Waals surface area (Å²) in [4.78, 5) is 8.04. The first-order valence-corrected chi connectivity index (χ1v) is 8.26. The first-order chi connectivity index (χ1) is 10.4. The molecule has 1 aromatic rings. The van der Waals surface area contributed by atoms with E-state index in [0.29, 0.717) is 6.04 Å². The number of aromatic amines is 1. The normalized spacial score (nSPS) is 22.0. The lowest BCUT2D eigenvalue weighted by atomic mass is 10.1. The van der Waals surface area contributed by atoms with Crippen LogP contribution in [0.25, 0.3) is 0 Å². The van der Waals surface area contributed by atoms with E-state index in [-0.39, 0.29) is 0 Å². The van der Waals surface area contributed by atoms with Crippen LogP contribution in [0.3, 0.4) is 0 Å². The second-order valence-electron chi connectivity index (χ2n) is 5.99. The molecule has 0 bridgehead atoms. The minimum Gasteiger partial charge on any atom is -0.386 e. The highest BCUT2D eigenvalue weighted by Crippen LogP contribution is 2.23. The Hall–Kier alpha value is -1.77. The molecule has 0 spiro atoms. The Morgan fingerprint density at radius 3 is 2.76 bits per heavy atom. The van der Waals surface area contributed by atoms with Crippen molar-refractivity contribution in [2.24, 2.45) is 4.99 Å². The average molecular weight is 283 g/mol. The molecule has 3 heteroatoms. The summed E-state index contributed by atoms with van der Waals surface area (Å²) in [5, 5.41) is 3.59. The summed E-state index contributed by atoms with van der Waals surface area (Å²) in [6.07, 6.45) is 15.4. The van der Waals surface area contributed by atoms with Crippen molar-refractivity contribution in [1.82, 2.24) is 10.3 Å². The molecular formula is C18H25N3. The number of H-pyrrole nitrogens is 1. The zero-order valence-corrected chi connectivity index (χ0v) is 12.9. The topological polar surface area (TPSA) is 40.2 Å². The molecule has 112 valence electrons. The Morgan fingerprint density at radius 1 is 1.29 bits per heavy atom. The molecule has 2 heterocycles. The predicted octanol–water partition coefficient (Wildman–Crippen LogP) is 4.31. The zero-order valence-electron chi connectivity index (χ0n) is 12.9. The summed E-state index contributed by atoms with van der Waals surface area (Å²) < 4.78 is 0. The van der Waals surface area contributed by atoms with Crippen molar-refractivity contribution in [2.45, 2.75) is 57.9 Å². The van der Waals surface area contributed by atoms with Crippen LogP contribution in [0.4, 0.5) is 0 Å². The monoisotopic (exact) mass is 283 g/mol. The summed E-state index contributed by atoms with van der Waals surface area (Å²) in [6, 6.07) is 4.74. The van der Waals surface area contributed by atoms with Crippen molar-refractivity contribution in [3.8, 4) is 0 Å². The van der Waals surface area contributed by atoms with Crippen LogP contribution in [0, 0.1) is 0 Å². The lowest BCUT2D eigenvalue weighted by Crippen LogP contribution is -2.23. The molecule has 0 unspecified atom stereocenters. The Balaban J connectivity index is 1.70. The van der Waals surface area contributed by atoms with Crippen molar-refractivity contribution in [2.75, 3.05) is 0 Å². The number of aliphatic imine (C=N–C) groups is 1. The second kappa shape index (κ2) is 6.79. The van der Waals surface area contributed by atoms with Gasteiger partial charge in [0, 0.05) is 18.4 Å². The maximum Gasteiger partial charge on any atom is 0.0904 e. The van der Waals surface area contributed by atoms with Gasteiger partial charge in [0.05, 0.1) is 17.1 Å². The average Bonchev–Trinajstić information content (AvgIpc) is 3.09. The molecule has 0 atom stereocenters. The van der Waals surface area contributed by atoms with Crippen LogP contribution >= 0.6 is 0 Å². The molecule has 3 nitrogen and oxygen atoms in total. The van der Waals surface area contributed by atoms with E-state index < -0.39 is 0 Å². The van der Waals surface area contributed by atoms with E-state index in [1.807, 2.05) is 12.3 Å². The predicted molar refractivity (Wildman–Crippen MR) is 88.4 cm³/mol. The highest BCUT2D eigenvalue weighted by atomic mass is 14.9. The molecule has 2 aliphatic rings. The van der Waals surface area contributed by atoms with Crippen molar-refractivity contribution >= 4 is 5.71 Å². The summed E-state index contributed by atoms with van der Waals surface area (Å²) in [6.45, 7) is 2.19. The smallest absolute Gasteiger partial charge is 0.0904 e. The number of nitrogens with zero attached hydrogens (tertiary/aromatic N) is 1. The molecule has 1 saturated carbocycles. The highest BCUT2D eigenvalue weighted by Gasteiger charge is 2.16. The fourth-order valence-electron chi connectivity index (χ4n) is 3.18. The summed E-state index contributed by atoms with van der Waals surface area (Å²) in [5.74, 6) is 0. The van der Waals surface area contributed by atoms with Crippen LogP contribution in [-0.2, 0) is 0 Å². The van der Waals surface area contributed by atoms with Gasteiger partial charge in [0.15, 0.2) is 0 Å². The standard InChI is InChI=1S/C18H25N3/c1-2-14-12-16(21-18(14)17-10-7-11-19-17)13-20-15-8-5-3-4-6-9-15/h7,10-13,15,19-20H,2-6,8-9H2,1H3/b16-13+. The van der Waals surface area contributed by atoms with Gasteiger partial charge in [-0.15, -0.1) is 0 Å². The van der Waals surface area contributed by atoms with Crippen molar-refractivity contribution in [3.63, 3.8) is 0 Å². The number of hydrogen-bond acceptors (Lipinski definition) is 2. The minimum atomic E-state index is 0.628. The number of nitrogens with one attached hydrogen (secondary N) is 2. The molecule has 0 amide bonds. The van der Waals surface area contributed by atoms with Gasteiger partial charge >= 0.3 is 0 Å². The van der Waals surface area contributed by atoms with Crippen LogP contribution in [0.15, 0.2) is 46.9 Å². The van der Waals surface area contributed by atoms with E-state index in [1.165, 1.54) is 44.1 Å². The SMILES string of the molecule is CCC1=C/C(=C\NC2CCCCCC2)N=C1c1ccc[nH]1. The lowest BCUT2D eigenvalue weighted by Gasteiger charge is -2.14. The molecule has 1 fully saturated rings. The van der Waals surface area contributed by atoms with Crippen LogP contribution < -0.4 is 5.32 Å². The van der Waals surface area contributed by atoms with Gasteiger partial charge in [0.2, 0.25) is 0 Å². The van der Waals surface area contributed by atoms with Gasteiger partial charge in [0.1, 0.15) is 0 Å². The van der Waals surface area contributed by atoms with Gasteiger partial charge in [0.25, 0.3) is 0 Å². The molecule has 0 radical (unpaired) electrons. The van der Waals surface area contributed by atoms with Crippen LogP contribution in [0.5, 0.6) is 0 Å². The second-order valence-corrected chi connectivity index (χ2v) is 5.99. The molecule has 2 N–H and O–H groups in total. The summed E-state index contributed by atoms with van der Waals surface area (Å²) in [5.41, 5.74) is 4.57. The summed E-state index contributed by atoms with van der Waals surface area (Å²) in [7, 11) is 0. The maximum atomic E-state index is 4.78. The maximum absolute atomic E-state index is 4.78. The fourth-order valence-corrected chi connectivity index (χ4v) is 3.18. The summed E-state index contributed by atoms with van der Waals surface area (Å²) >= 11 is 0. The van der Waals surface area contributed by atoms with Gasteiger partial charge in [-0.1, -0.05) is 32.6 Å². The van der Waals surface area contributed by atoms with Crippen LogP contribution in [0.2, 0.25) is 0 Å². The highest BCUT2D eigenvalue weighted by molar-refractivity contribution is 6.14.